The molecule has 0 bridgehead atoms. The van der Waals surface area contributed by atoms with E-state index >= 15 is 0 Å². The molecule has 2 aliphatic rings. The first-order valence-corrected chi connectivity index (χ1v) is 12.5. The van der Waals surface area contributed by atoms with Crippen molar-refractivity contribution in [1.82, 2.24) is 14.9 Å². The van der Waals surface area contributed by atoms with E-state index in [4.69, 9.17) is 21.6 Å². The minimum atomic E-state index is -4.25. The van der Waals surface area contributed by atoms with E-state index < -0.39 is 23.5 Å². The molecule has 192 valence electrons. The Labute approximate surface area is 205 Å². The van der Waals surface area contributed by atoms with Crippen LogP contribution >= 0.6 is 11.6 Å². The summed E-state index contributed by atoms with van der Waals surface area (Å²) in [5.41, 5.74) is 1.66. The van der Waals surface area contributed by atoms with Crippen molar-refractivity contribution in [2.75, 3.05) is 23.7 Å². The number of nitrogens with one attached hydrogen (secondary N) is 3. The molecule has 6 nitrogen and oxygen atoms in total. The van der Waals surface area contributed by atoms with E-state index in [9.17, 15) is 13.2 Å². The Morgan fingerprint density at radius 3 is 2.41 bits per heavy atom. The Morgan fingerprint density at radius 1 is 1.21 bits per heavy atom. The van der Waals surface area contributed by atoms with Crippen LogP contribution in [-0.2, 0) is 0 Å². The molecule has 0 radical (unpaired) electrons. The highest BCUT2D eigenvalue weighted by atomic mass is 35.5. The smallest absolute Gasteiger partial charge is 0.353 e. The van der Waals surface area contributed by atoms with Gasteiger partial charge in [-0.15, -0.1) is 11.6 Å². The zero-order valence-corrected chi connectivity index (χ0v) is 21.7. The highest BCUT2D eigenvalue weighted by Gasteiger charge is 2.45. The summed E-state index contributed by atoms with van der Waals surface area (Å²) < 4.78 is 42.5. The van der Waals surface area contributed by atoms with Crippen molar-refractivity contribution >= 4 is 35.3 Å². The number of anilines is 2. The van der Waals surface area contributed by atoms with Crippen molar-refractivity contribution in [3.8, 4) is 0 Å². The van der Waals surface area contributed by atoms with E-state index in [1.54, 1.807) is 0 Å². The molecule has 0 amide bonds. The molecule has 3 unspecified atom stereocenters. The first kappa shape index (κ1) is 26.9. The molecule has 1 aliphatic heterocycles. The second-order valence-corrected chi connectivity index (χ2v) is 11.2. The zero-order valence-electron chi connectivity index (χ0n) is 21.0. The average Bonchev–Trinajstić information content (AvgIpc) is 2.94. The molecular formula is C24H38ClF3N6. The molecule has 2 heterocycles. The lowest BCUT2D eigenvalue weighted by molar-refractivity contribution is -0.182. The molecule has 3 atom stereocenters. The van der Waals surface area contributed by atoms with Crippen molar-refractivity contribution < 1.29 is 13.2 Å². The Hall–Kier alpha value is -1.74. The van der Waals surface area contributed by atoms with E-state index in [0.29, 0.717) is 12.4 Å². The topological polar surface area (TPSA) is 66.3 Å². The fourth-order valence-corrected chi connectivity index (χ4v) is 4.87. The maximum Gasteiger partial charge on any atom is 0.391 e. The molecule has 1 aromatic heterocycles. The number of alkyl halides is 4. The minimum Gasteiger partial charge on any atom is -0.353 e. The van der Waals surface area contributed by atoms with Crippen LogP contribution in [0, 0.1) is 5.92 Å². The van der Waals surface area contributed by atoms with Gasteiger partial charge in [-0.1, -0.05) is 12.5 Å². The van der Waals surface area contributed by atoms with Crippen molar-refractivity contribution in [2.24, 2.45) is 10.9 Å². The molecule has 0 spiro atoms. The van der Waals surface area contributed by atoms with Crippen LogP contribution in [0.5, 0.6) is 0 Å². The molecule has 1 saturated heterocycles. The predicted molar refractivity (Wildman–Crippen MR) is 135 cm³/mol. The van der Waals surface area contributed by atoms with Gasteiger partial charge in [0.2, 0.25) is 5.95 Å². The molecule has 1 saturated carbocycles. The number of aliphatic imine (C=N–C) groups is 1. The Morgan fingerprint density at radius 2 is 1.88 bits per heavy atom. The maximum atomic E-state index is 13.5. The van der Waals surface area contributed by atoms with Crippen LogP contribution in [0.25, 0.3) is 6.08 Å². The summed E-state index contributed by atoms with van der Waals surface area (Å²) in [4.78, 5) is 9.59. The first-order valence-electron chi connectivity index (χ1n) is 12.1. The van der Waals surface area contributed by atoms with Crippen molar-refractivity contribution in [2.45, 2.75) is 96.4 Å². The molecule has 1 aliphatic carbocycles. The second kappa shape index (κ2) is 10.5. The molecule has 0 aromatic carbocycles. The van der Waals surface area contributed by atoms with Crippen molar-refractivity contribution in [3.05, 3.63) is 11.3 Å². The van der Waals surface area contributed by atoms with Crippen LogP contribution in [-0.4, -0.2) is 51.6 Å². The van der Waals surface area contributed by atoms with Crippen LogP contribution in [0.15, 0.2) is 10.6 Å². The zero-order chi connectivity index (χ0) is 25.3. The van der Waals surface area contributed by atoms with Crippen molar-refractivity contribution in [3.63, 3.8) is 0 Å². The normalized spacial score (nSPS) is 25.3. The maximum absolute atomic E-state index is 13.5. The summed E-state index contributed by atoms with van der Waals surface area (Å²) in [6.07, 6.45) is -0.919. The third-order valence-electron chi connectivity index (χ3n) is 6.25. The van der Waals surface area contributed by atoms with Gasteiger partial charge in [-0.25, -0.2) is 4.98 Å². The summed E-state index contributed by atoms with van der Waals surface area (Å²) in [5.74, 6) is 0.727. The van der Waals surface area contributed by atoms with Gasteiger partial charge in [-0.2, -0.15) is 13.2 Å². The van der Waals surface area contributed by atoms with E-state index in [1.165, 1.54) is 0 Å². The van der Waals surface area contributed by atoms with Crippen molar-refractivity contribution in [1.29, 1.82) is 0 Å². The highest BCUT2D eigenvalue weighted by molar-refractivity contribution is 6.20. The van der Waals surface area contributed by atoms with Crippen LogP contribution < -0.4 is 16.0 Å². The van der Waals surface area contributed by atoms with Crippen LogP contribution in [0.1, 0.15) is 79.0 Å². The molecule has 10 heteroatoms. The minimum absolute atomic E-state index is 0.00503. The van der Waals surface area contributed by atoms with Crippen LogP contribution in [0.2, 0.25) is 0 Å². The third-order valence-corrected chi connectivity index (χ3v) is 6.61. The van der Waals surface area contributed by atoms with E-state index in [1.807, 2.05) is 40.7 Å². The fraction of sp³-hybridized carbons (Fsp3) is 0.750. The van der Waals surface area contributed by atoms with E-state index in [0.717, 1.165) is 42.4 Å². The number of nitrogens with zero attached hydrogens (tertiary/aromatic N) is 3. The van der Waals surface area contributed by atoms with Crippen LogP contribution in [0.3, 0.4) is 0 Å². The molecule has 34 heavy (non-hydrogen) atoms. The Kier molecular flexibility index (Phi) is 8.28. The summed E-state index contributed by atoms with van der Waals surface area (Å²) >= 11 is 6.26. The molecule has 2 fully saturated rings. The number of aromatic nitrogens is 2. The first-order chi connectivity index (χ1) is 15.8. The molecule has 3 rings (SSSR count). The molecule has 1 aromatic rings. The molecular weight excluding hydrogens is 465 g/mol. The van der Waals surface area contributed by atoms with Gasteiger partial charge in [0.25, 0.3) is 0 Å². The van der Waals surface area contributed by atoms with Gasteiger partial charge in [0.15, 0.2) is 0 Å². The van der Waals surface area contributed by atoms with Gasteiger partial charge in [0.1, 0.15) is 11.5 Å². The number of imidazole rings is 1. The lowest BCUT2D eigenvalue weighted by Crippen LogP contribution is -2.45. The summed E-state index contributed by atoms with van der Waals surface area (Å²) in [6, 6.07) is -0.267. The largest absolute Gasteiger partial charge is 0.391 e. The highest BCUT2D eigenvalue weighted by Crippen LogP contribution is 2.41. The van der Waals surface area contributed by atoms with Gasteiger partial charge in [-0.3, -0.25) is 9.56 Å². The summed E-state index contributed by atoms with van der Waals surface area (Å²) in [6.45, 7) is 13.7. The Bertz CT molecular complexity index is 911. The Balaban J connectivity index is 2.00. The third kappa shape index (κ3) is 6.90. The monoisotopic (exact) mass is 502 g/mol. The predicted octanol–water partition coefficient (Wildman–Crippen LogP) is 6.22. The number of hydrogen-bond acceptors (Lipinski definition) is 4. The SMILES string of the molecule is CC/C(C)=C\c1nc(NC2CC(Cl)CC(C(F)(F)F)C2)n(C2CNC2)c1NC(C)=NC(C)(C)C. The summed E-state index contributed by atoms with van der Waals surface area (Å²) in [7, 11) is 0. The van der Waals surface area contributed by atoms with Crippen LogP contribution in [0.4, 0.5) is 24.9 Å². The van der Waals surface area contributed by atoms with Gasteiger partial charge in [0.05, 0.1) is 23.3 Å². The number of rotatable bonds is 6. The number of hydrogen-bond donors (Lipinski definition) is 3. The fourth-order valence-electron chi connectivity index (χ4n) is 4.44. The molecule has 3 N–H and O–H groups in total. The standard InChI is InChI=1S/C24H38ClF3N6/c1-7-14(2)8-20-21(30-15(3)33-23(4,5)6)34(19-12-29-13-19)22(32-20)31-18-10-16(24(26,27)28)9-17(25)11-18/h8,16-19,29H,7,9-13H2,1-6H3,(H,30,33)(H,31,32)/b14-8-. The second-order valence-electron chi connectivity index (χ2n) is 10.6. The average molecular weight is 503 g/mol. The quantitative estimate of drug-likeness (QED) is 0.245. The van der Waals surface area contributed by atoms with Gasteiger partial charge in [0, 0.05) is 24.5 Å². The summed E-state index contributed by atoms with van der Waals surface area (Å²) in [5, 5.41) is 9.54. The van der Waals surface area contributed by atoms with Gasteiger partial charge < -0.3 is 16.0 Å². The number of amidine groups is 1. The van der Waals surface area contributed by atoms with Gasteiger partial charge in [-0.05, 0) is 66.4 Å². The lowest BCUT2D eigenvalue weighted by Gasteiger charge is -2.36. The number of allylic oxidation sites excluding steroid dienone is 1. The van der Waals surface area contributed by atoms with Gasteiger partial charge >= 0.3 is 6.18 Å². The lowest BCUT2D eigenvalue weighted by atomic mass is 9.85. The van der Waals surface area contributed by atoms with E-state index in [-0.39, 0.29) is 24.4 Å². The van der Waals surface area contributed by atoms with E-state index in [2.05, 4.69) is 27.4 Å². The number of halogens is 4.